The van der Waals surface area contributed by atoms with Gasteiger partial charge >= 0.3 is 0 Å². The van der Waals surface area contributed by atoms with Crippen LogP contribution in [0.1, 0.15) is 12.5 Å². The van der Waals surface area contributed by atoms with E-state index in [1.165, 1.54) is 25.3 Å². The van der Waals surface area contributed by atoms with Crippen molar-refractivity contribution in [1.29, 1.82) is 0 Å². The van der Waals surface area contributed by atoms with Crippen LogP contribution in [0.25, 0.3) is 0 Å². The zero-order valence-corrected chi connectivity index (χ0v) is 12.1. The van der Waals surface area contributed by atoms with Crippen LogP contribution in [-0.2, 0) is 21.2 Å². The van der Waals surface area contributed by atoms with Gasteiger partial charge in [-0.25, -0.2) is 8.42 Å². The molecule has 0 atom stereocenters. The Kier molecular flexibility index (Phi) is 3.17. The second kappa shape index (κ2) is 4.88. The summed E-state index contributed by atoms with van der Waals surface area (Å²) in [6, 6.07) is 6.31. The van der Waals surface area contributed by atoms with Gasteiger partial charge in [0.15, 0.2) is 0 Å². The number of aromatic amines is 1. The number of nitrogens with one attached hydrogen (secondary N) is 2. The first kappa shape index (κ1) is 13.6. The summed E-state index contributed by atoms with van der Waals surface area (Å²) in [5.74, 6) is 0.265. The maximum Gasteiger partial charge on any atom is 0.263 e. The predicted molar refractivity (Wildman–Crippen MR) is 77.6 cm³/mol. The van der Waals surface area contributed by atoms with Crippen molar-refractivity contribution in [3.63, 3.8) is 0 Å². The molecule has 21 heavy (non-hydrogen) atoms. The third-order valence-corrected chi connectivity index (χ3v) is 4.75. The summed E-state index contributed by atoms with van der Waals surface area (Å²) < 4.78 is 27.0. The molecular weight excluding hydrogens is 292 g/mol. The summed E-state index contributed by atoms with van der Waals surface area (Å²) in [5, 5.41) is 6.24. The maximum absolute atomic E-state index is 12.3. The minimum absolute atomic E-state index is 0.0417. The minimum atomic E-state index is -3.67. The molecule has 0 spiro atoms. The molecule has 0 aliphatic carbocycles. The van der Waals surface area contributed by atoms with Crippen LogP contribution in [0.2, 0.25) is 0 Å². The van der Waals surface area contributed by atoms with Crippen molar-refractivity contribution in [2.24, 2.45) is 0 Å². The molecule has 7 nitrogen and oxygen atoms in total. The number of carbonyl (C=O) groups is 1. The molecule has 1 aliphatic rings. The van der Waals surface area contributed by atoms with E-state index >= 15 is 0 Å². The van der Waals surface area contributed by atoms with Gasteiger partial charge in [-0.3, -0.25) is 14.6 Å². The van der Waals surface area contributed by atoms with Crippen LogP contribution >= 0.6 is 0 Å². The average molecular weight is 306 g/mol. The Labute approximate surface area is 122 Å². The van der Waals surface area contributed by atoms with Crippen LogP contribution < -0.4 is 9.62 Å². The van der Waals surface area contributed by atoms with E-state index in [9.17, 15) is 13.2 Å². The molecule has 0 saturated heterocycles. The topological polar surface area (TPSA) is 95.2 Å². The third kappa shape index (κ3) is 2.49. The second-order valence-corrected chi connectivity index (χ2v) is 6.47. The van der Waals surface area contributed by atoms with Crippen molar-refractivity contribution in [3.05, 3.63) is 36.0 Å². The minimum Gasteiger partial charge on any atom is -0.312 e. The van der Waals surface area contributed by atoms with Crippen LogP contribution in [0.4, 0.5) is 11.5 Å². The van der Waals surface area contributed by atoms with E-state index < -0.39 is 10.0 Å². The van der Waals surface area contributed by atoms with Crippen LogP contribution in [0.3, 0.4) is 0 Å². The maximum atomic E-state index is 12.3. The van der Waals surface area contributed by atoms with Crippen molar-refractivity contribution in [2.75, 3.05) is 16.2 Å². The lowest BCUT2D eigenvalue weighted by Crippen LogP contribution is -2.25. The summed E-state index contributed by atoms with van der Waals surface area (Å²) in [6.45, 7) is 2.09. The fraction of sp³-hybridized carbons (Fsp3) is 0.231. The number of sulfonamides is 1. The Morgan fingerprint density at radius 3 is 2.86 bits per heavy atom. The van der Waals surface area contributed by atoms with Gasteiger partial charge in [-0.2, -0.15) is 5.10 Å². The highest BCUT2D eigenvalue weighted by molar-refractivity contribution is 7.92. The molecule has 2 aromatic rings. The van der Waals surface area contributed by atoms with Gasteiger partial charge in [0, 0.05) is 25.2 Å². The van der Waals surface area contributed by atoms with E-state index in [0.717, 1.165) is 11.3 Å². The lowest BCUT2D eigenvalue weighted by molar-refractivity contribution is -0.116. The van der Waals surface area contributed by atoms with E-state index in [0.29, 0.717) is 18.8 Å². The van der Waals surface area contributed by atoms with Gasteiger partial charge in [-0.15, -0.1) is 0 Å². The van der Waals surface area contributed by atoms with Gasteiger partial charge in [0.25, 0.3) is 10.0 Å². The summed E-state index contributed by atoms with van der Waals surface area (Å²) in [5.41, 5.74) is 1.64. The first-order valence-corrected chi connectivity index (χ1v) is 7.89. The smallest absolute Gasteiger partial charge is 0.263 e. The molecule has 8 heteroatoms. The molecule has 0 fully saturated rings. The number of amides is 1. The molecule has 0 radical (unpaired) electrons. The van der Waals surface area contributed by atoms with Crippen molar-refractivity contribution < 1.29 is 13.2 Å². The molecule has 110 valence electrons. The quantitative estimate of drug-likeness (QED) is 0.888. The Morgan fingerprint density at radius 1 is 1.38 bits per heavy atom. The highest BCUT2D eigenvalue weighted by atomic mass is 32.2. The first-order valence-electron chi connectivity index (χ1n) is 6.40. The first-order chi connectivity index (χ1) is 9.97. The fourth-order valence-corrected chi connectivity index (χ4v) is 3.45. The van der Waals surface area contributed by atoms with Gasteiger partial charge < -0.3 is 4.90 Å². The molecule has 0 saturated carbocycles. The molecule has 1 aromatic carbocycles. The van der Waals surface area contributed by atoms with Crippen molar-refractivity contribution in [1.82, 2.24) is 10.2 Å². The molecule has 2 heterocycles. The van der Waals surface area contributed by atoms with E-state index in [1.807, 2.05) is 0 Å². The average Bonchev–Trinajstić information content (AvgIpc) is 3.05. The molecule has 1 aromatic heterocycles. The Morgan fingerprint density at radius 2 is 2.19 bits per heavy atom. The number of rotatable bonds is 3. The number of carbonyl (C=O) groups excluding carboxylic acids is 1. The standard InChI is InChI=1S/C13H14N4O3S/c1-9(18)17-7-5-10-8-11(2-3-12(10)17)21(19,20)16-13-4-6-14-15-13/h2-4,6,8H,5,7H2,1H3,(H2,14,15,16). The van der Waals surface area contributed by atoms with Crippen molar-refractivity contribution in [3.8, 4) is 0 Å². The number of aromatic nitrogens is 2. The van der Waals surface area contributed by atoms with Crippen LogP contribution in [-0.4, -0.2) is 31.1 Å². The lowest BCUT2D eigenvalue weighted by Gasteiger charge is -2.15. The highest BCUT2D eigenvalue weighted by Gasteiger charge is 2.24. The summed E-state index contributed by atoms with van der Waals surface area (Å²) in [6.07, 6.45) is 2.12. The molecule has 1 aliphatic heterocycles. The van der Waals surface area contributed by atoms with Crippen molar-refractivity contribution >= 4 is 27.4 Å². The summed E-state index contributed by atoms with van der Waals surface area (Å²) in [4.78, 5) is 13.3. The number of nitrogens with zero attached hydrogens (tertiary/aromatic N) is 2. The predicted octanol–water partition coefficient (Wildman–Crippen LogP) is 1.12. The third-order valence-electron chi connectivity index (χ3n) is 3.38. The molecule has 0 unspecified atom stereocenters. The number of fused-ring (bicyclic) bond motifs is 1. The molecule has 2 N–H and O–H groups in total. The molecule has 3 rings (SSSR count). The Balaban J connectivity index is 1.93. The molecule has 1 amide bonds. The monoisotopic (exact) mass is 306 g/mol. The van der Waals surface area contributed by atoms with Crippen LogP contribution in [0.15, 0.2) is 35.4 Å². The van der Waals surface area contributed by atoms with E-state index in [2.05, 4.69) is 14.9 Å². The molecule has 0 bridgehead atoms. The van der Waals surface area contributed by atoms with E-state index in [1.54, 1.807) is 17.0 Å². The van der Waals surface area contributed by atoms with E-state index in [-0.39, 0.29) is 10.8 Å². The Bertz CT molecular complexity index is 784. The lowest BCUT2D eigenvalue weighted by atomic mass is 10.2. The van der Waals surface area contributed by atoms with Gasteiger partial charge in [-0.05, 0) is 30.2 Å². The van der Waals surface area contributed by atoms with Gasteiger partial charge in [0.1, 0.15) is 5.82 Å². The summed E-state index contributed by atoms with van der Waals surface area (Å²) >= 11 is 0. The number of hydrogen-bond acceptors (Lipinski definition) is 4. The normalized spacial score (nSPS) is 14.0. The van der Waals surface area contributed by atoms with Gasteiger partial charge in [-0.1, -0.05) is 0 Å². The number of benzene rings is 1. The van der Waals surface area contributed by atoms with E-state index in [4.69, 9.17) is 0 Å². The van der Waals surface area contributed by atoms with Gasteiger partial charge in [0.05, 0.1) is 11.1 Å². The summed E-state index contributed by atoms with van der Waals surface area (Å²) in [7, 11) is -3.67. The van der Waals surface area contributed by atoms with Crippen LogP contribution in [0, 0.1) is 0 Å². The number of H-pyrrole nitrogens is 1. The Hall–Kier alpha value is -2.35. The van der Waals surface area contributed by atoms with Crippen molar-refractivity contribution in [2.45, 2.75) is 18.2 Å². The second-order valence-electron chi connectivity index (χ2n) is 4.79. The largest absolute Gasteiger partial charge is 0.312 e. The number of anilines is 2. The zero-order chi connectivity index (χ0) is 15.0. The van der Waals surface area contributed by atoms with Gasteiger partial charge in [0.2, 0.25) is 5.91 Å². The SMILES string of the molecule is CC(=O)N1CCc2cc(S(=O)(=O)Nc3ccn[nH]3)ccc21. The van der Waals surface area contributed by atoms with Crippen LogP contribution in [0.5, 0.6) is 0 Å². The zero-order valence-electron chi connectivity index (χ0n) is 11.3. The molecular formula is C13H14N4O3S. The highest BCUT2D eigenvalue weighted by Crippen LogP contribution is 2.30. The number of hydrogen-bond donors (Lipinski definition) is 2. The fourth-order valence-electron chi connectivity index (χ4n) is 2.39.